The molecule has 0 unspecified atom stereocenters. The first-order chi connectivity index (χ1) is 25.8. The molecule has 52 heavy (non-hydrogen) atoms. The van der Waals surface area contributed by atoms with Gasteiger partial charge >= 0.3 is 0 Å². The lowest BCUT2D eigenvalue weighted by Crippen LogP contribution is -2.12. The number of nitrogens with zero attached hydrogens (tertiary/aromatic N) is 1. The Morgan fingerprint density at radius 3 is 1.67 bits per heavy atom. The summed E-state index contributed by atoms with van der Waals surface area (Å²) in [6.07, 6.45) is 0. The van der Waals surface area contributed by atoms with Crippen molar-refractivity contribution < 1.29 is 4.42 Å². The molecule has 9 aromatic carbocycles. The Morgan fingerprint density at radius 1 is 0.327 bits per heavy atom. The van der Waals surface area contributed by atoms with Crippen LogP contribution >= 0.6 is 0 Å². The molecule has 10 rings (SSSR count). The largest absolute Gasteiger partial charge is 0.455 e. The number of fused-ring (bicyclic) bond motifs is 5. The standard InChI is InChI=1S/C50H33NO/c1-2-14-35(15-3-1)42-21-8-10-26-47(42)51(39-30-28-36(29-31-39)41-23-12-19-34-16-6-7-20-40(34)41)48-27-11-9-22-43(48)44-24-13-25-45-46-32-37-17-4-5-18-38(37)33-49(46)52-50(44)45/h1-33H. The quantitative estimate of drug-likeness (QED) is 0.176. The molecule has 0 amide bonds. The van der Waals surface area contributed by atoms with Crippen LogP contribution in [0.2, 0.25) is 0 Å². The maximum absolute atomic E-state index is 6.77. The van der Waals surface area contributed by atoms with Gasteiger partial charge in [-0.3, -0.25) is 0 Å². The summed E-state index contributed by atoms with van der Waals surface area (Å²) in [6.45, 7) is 0. The van der Waals surface area contributed by atoms with Gasteiger partial charge in [0.2, 0.25) is 0 Å². The van der Waals surface area contributed by atoms with E-state index in [1.54, 1.807) is 0 Å². The monoisotopic (exact) mass is 663 g/mol. The fraction of sp³-hybridized carbons (Fsp3) is 0. The number of rotatable bonds is 6. The molecule has 244 valence electrons. The van der Waals surface area contributed by atoms with Gasteiger partial charge in [0, 0.05) is 33.2 Å². The van der Waals surface area contributed by atoms with Gasteiger partial charge in [0.05, 0.1) is 11.4 Å². The molecule has 0 bridgehead atoms. The Balaban J connectivity index is 1.19. The van der Waals surface area contributed by atoms with Gasteiger partial charge < -0.3 is 9.32 Å². The molecule has 0 saturated carbocycles. The normalized spacial score (nSPS) is 11.5. The summed E-state index contributed by atoms with van der Waals surface area (Å²) < 4.78 is 6.77. The molecule has 0 N–H and O–H groups in total. The molecule has 0 aliphatic rings. The van der Waals surface area contributed by atoms with Gasteiger partial charge in [-0.05, 0) is 74.6 Å². The first-order valence-electron chi connectivity index (χ1n) is 17.8. The SMILES string of the molecule is c1ccc(-c2ccccc2N(c2ccc(-c3cccc4ccccc34)cc2)c2ccccc2-c2cccc3c2oc2cc4ccccc4cc23)cc1. The van der Waals surface area contributed by atoms with Crippen molar-refractivity contribution in [1.29, 1.82) is 0 Å². The van der Waals surface area contributed by atoms with Gasteiger partial charge in [-0.1, -0.05) is 164 Å². The van der Waals surface area contributed by atoms with E-state index in [0.29, 0.717) is 0 Å². The summed E-state index contributed by atoms with van der Waals surface area (Å²) in [5.74, 6) is 0. The van der Waals surface area contributed by atoms with Crippen LogP contribution in [0.3, 0.4) is 0 Å². The van der Waals surface area contributed by atoms with Crippen LogP contribution in [-0.2, 0) is 0 Å². The number of hydrogen-bond donors (Lipinski definition) is 0. The summed E-state index contributed by atoms with van der Waals surface area (Å²) in [5.41, 5.74) is 11.9. The molecule has 0 saturated heterocycles. The van der Waals surface area contributed by atoms with Crippen LogP contribution in [0.5, 0.6) is 0 Å². The fourth-order valence-electron chi connectivity index (χ4n) is 7.80. The maximum atomic E-state index is 6.77. The molecule has 0 spiro atoms. The zero-order valence-corrected chi connectivity index (χ0v) is 28.4. The van der Waals surface area contributed by atoms with Crippen LogP contribution in [0.1, 0.15) is 0 Å². The highest BCUT2D eigenvalue weighted by Crippen LogP contribution is 2.47. The summed E-state index contributed by atoms with van der Waals surface area (Å²) >= 11 is 0. The number of hydrogen-bond acceptors (Lipinski definition) is 2. The van der Waals surface area contributed by atoms with Crippen molar-refractivity contribution in [3.8, 4) is 33.4 Å². The average molecular weight is 664 g/mol. The van der Waals surface area contributed by atoms with Crippen molar-refractivity contribution in [1.82, 2.24) is 0 Å². The van der Waals surface area contributed by atoms with E-state index in [-0.39, 0.29) is 0 Å². The van der Waals surface area contributed by atoms with E-state index in [1.807, 2.05) is 0 Å². The van der Waals surface area contributed by atoms with E-state index in [0.717, 1.165) is 55.7 Å². The highest BCUT2D eigenvalue weighted by atomic mass is 16.3. The van der Waals surface area contributed by atoms with E-state index in [4.69, 9.17) is 4.42 Å². The van der Waals surface area contributed by atoms with Crippen LogP contribution in [-0.4, -0.2) is 0 Å². The van der Waals surface area contributed by atoms with Gasteiger partial charge in [0.25, 0.3) is 0 Å². The van der Waals surface area contributed by atoms with Crippen LogP contribution in [0, 0.1) is 0 Å². The summed E-state index contributed by atoms with van der Waals surface area (Å²) in [7, 11) is 0. The molecule has 2 heteroatoms. The fourth-order valence-corrected chi connectivity index (χ4v) is 7.80. The van der Waals surface area contributed by atoms with Crippen molar-refractivity contribution in [2.45, 2.75) is 0 Å². The molecule has 10 aromatic rings. The summed E-state index contributed by atoms with van der Waals surface area (Å²) in [4.78, 5) is 2.40. The van der Waals surface area contributed by atoms with E-state index in [1.165, 1.54) is 38.2 Å². The molecule has 0 atom stereocenters. The third kappa shape index (κ3) is 5.04. The molecule has 0 aliphatic heterocycles. The number of anilines is 3. The molecule has 0 fully saturated rings. The van der Waals surface area contributed by atoms with Gasteiger partial charge in [0.1, 0.15) is 11.2 Å². The van der Waals surface area contributed by atoms with Crippen molar-refractivity contribution in [2.24, 2.45) is 0 Å². The third-order valence-electron chi connectivity index (χ3n) is 10.3. The van der Waals surface area contributed by atoms with Gasteiger partial charge in [0.15, 0.2) is 0 Å². The minimum Gasteiger partial charge on any atom is -0.455 e. The third-order valence-corrected chi connectivity index (χ3v) is 10.3. The second-order valence-electron chi connectivity index (χ2n) is 13.3. The van der Waals surface area contributed by atoms with Crippen LogP contribution < -0.4 is 4.90 Å². The second kappa shape index (κ2) is 12.5. The smallest absolute Gasteiger partial charge is 0.143 e. The van der Waals surface area contributed by atoms with Gasteiger partial charge in [-0.25, -0.2) is 0 Å². The van der Waals surface area contributed by atoms with Crippen molar-refractivity contribution in [3.63, 3.8) is 0 Å². The Hall–Kier alpha value is -6.90. The average Bonchev–Trinajstić information content (AvgIpc) is 3.58. The number of para-hydroxylation sites is 3. The zero-order valence-electron chi connectivity index (χ0n) is 28.4. The molecule has 1 heterocycles. The van der Waals surface area contributed by atoms with Crippen LogP contribution in [0.4, 0.5) is 17.1 Å². The molecule has 0 aliphatic carbocycles. The van der Waals surface area contributed by atoms with Crippen molar-refractivity contribution in [2.75, 3.05) is 4.90 Å². The van der Waals surface area contributed by atoms with Gasteiger partial charge in [-0.15, -0.1) is 0 Å². The Kier molecular flexibility index (Phi) is 7.18. The van der Waals surface area contributed by atoms with Crippen LogP contribution in [0.25, 0.3) is 76.9 Å². The van der Waals surface area contributed by atoms with Gasteiger partial charge in [-0.2, -0.15) is 0 Å². The highest BCUT2D eigenvalue weighted by Gasteiger charge is 2.22. The molecule has 1 aromatic heterocycles. The Bertz CT molecular complexity index is 2900. The highest BCUT2D eigenvalue weighted by molar-refractivity contribution is 6.14. The summed E-state index contributed by atoms with van der Waals surface area (Å²) in [5, 5.41) is 7.11. The topological polar surface area (TPSA) is 16.4 Å². The van der Waals surface area contributed by atoms with E-state index >= 15 is 0 Å². The van der Waals surface area contributed by atoms with Crippen molar-refractivity contribution in [3.05, 3.63) is 200 Å². The van der Waals surface area contributed by atoms with E-state index < -0.39 is 0 Å². The first kappa shape index (κ1) is 30.0. The second-order valence-corrected chi connectivity index (χ2v) is 13.3. The molecule has 0 radical (unpaired) electrons. The van der Waals surface area contributed by atoms with Crippen LogP contribution in [0.15, 0.2) is 205 Å². The maximum Gasteiger partial charge on any atom is 0.143 e. The number of benzene rings is 9. The predicted octanol–water partition coefficient (Wildman–Crippen LogP) is 14.4. The van der Waals surface area contributed by atoms with E-state index in [9.17, 15) is 0 Å². The minimum absolute atomic E-state index is 0.892. The first-order valence-corrected chi connectivity index (χ1v) is 17.8. The lowest BCUT2D eigenvalue weighted by molar-refractivity contribution is 0.670. The van der Waals surface area contributed by atoms with E-state index in [2.05, 4.69) is 205 Å². The Morgan fingerprint density at radius 2 is 0.865 bits per heavy atom. The summed E-state index contributed by atoms with van der Waals surface area (Å²) in [6, 6.07) is 71.6. The number of furan rings is 1. The predicted molar refractivity (Wildman–Crippen MR) is 220 cm³/mol. The lowest BCUT2D eigenvalue weighted by atomic mass is 9.96. The lowest BCUT2D eigenvalue weighted by Gasteiger charge is -2.30. The van der Waals surface area contributed by atoms with Crippen molar-refractivity contribution >= 4 is 60.5 Å². The molecule has 2 nitrogen and oxygen atoms in total. The molecular weight excluding hydrogens is 631 g/mol. The zero-order chi connectivity index (χ0) is 34.4. The molecular formula is C50H33NO. The minimum atomic E-state index is 0.892. The Labute approximate surface area is 302 Å².